The van der Waals surface area contributed by atoms with E-state index in [9.17, 15) is 9.59 Å². The number of carbonyl (C=O) groups is 2. The summed E-state index contributed by atoms with van der Waals surface area (Å²) in [5.41, 5.74) is 5.81. The zero-order chi connectivity index (χ0) is 28.2. The summed E-state index contributed by atoms with van der Waals surface area (Å²) in [7, 11) is 0. The zero-order valence-corrected chi connectivity index (χ0v) is 23.3. The second-order valence-electron chi connectivity index (χ2n) is 11.0. The van der Waals surface area contributed by atoms with Crippen LogP contribution in [0.2, 0.25) is 0 Å². The number of amides is 2. The molecule has 2 aliphatic heterocycles. The summed E-state index contributed by atoms with van der Waals surface area (Å²) in [5.74, 6) is 1.39. The highest BCUT2D eigenvalue weighted by Crippen LogP contribution is 2.36. The van der Waals surface area contributed by atoms with Gasteiger partial charge in [-0.2, -0.15) is 0 Å². The lowest BCUT2D eigenvalue weighted by Gasteiger charge is -2.32. The largest absolute Gasteiger partial charge is 0.449 e. The summed E-state index contributed by atoms with van der Waals surface area (Å²) < 4.78 is 6.06. The van der Waals surface area contributed by atoms with Gasteiger partial charge in [-0.1, -0.05) is 84.4 Å². The third-order valence-corrected chi connectivity index (χ3v) is 8.02. The van der Waals surface area contributed by atoms with Crippen molar-refractivity contribution >= 4 is 23.6 Å². The monoisotopic (exact) mass is 542 g/mol. The first-order valence-electron chi connectivity index (χ1n) is 14.3. The summed E-state index contributed by atoms with van der Waals surface area (Å²) in [6.07, 6.45) is 4.86. The number of benzene rings is 4. The van der Waals surface area contributed by atoms with Crippen molar-refractivity contribution in [1.82, 2.24) is 4.90 Å². The second kappa shape index (κ2) is 11.8. The fourth-order valence-corrected chi connectivity index (χ4v) is 5.64. The molecule has 4 aromatic carbocycles. The molecule has 1 saturated heterocycles. The molecule has 0 saturated carbocycles. The van der Waals surface area contributed by atoms with Crippen LogP contribution in [0.3, 0.4) is 0 Å². The predicted molar refractivity (Wildman–Crippen MR) is 163 cm³/mol. The Kier molecular flexibility index (Phi) is 7.68. The molecule has 4 aromatic rings. The van der Waals surface area contributed by atoms with E-state index in [-0.39, 0.29) is 17.6 Å². The van der Waals surface area contributed by atoms with Crippen LogP contribution in [0.15, 0.2) is 109 Å². The topological polar surface area (TPSA) is 49.9 Å². The molecule has 0 aromatic heterocycles. The molecule has 41 heavy (non-hydrogen) atoms. The molecule has 0 aliphatic carbocycles. The average Bonchev–Trinajstić information content (AvgIpc) is 3.01. The van der Waals surface area contributed by atoms with Crippen molar-refractivity contribution in [1.29, 1.82) is 0 Å². The van der Waals surface area contributed by atoms with Crippen molar-refractivity contribution in [2.75, 3.05) is 18.0 Å². The van der Waals surface area contributed by atoms with E-state index >= 15 is 0 Å². The first-order valence-corrected chi connectivity index (χ1v) is 14.3. The number of likely N-dealkylation sites (tertiary alicyclic amines) is 1. The summed E-state index contributed by atoms with van der Waals surface area (Å²) in [6, 6.07) is 33.8. The third kappa shape index (κ3) is 6.09. The first-order chi connectivity index (χ1) is 20.0. The van der Waals surface area contributed by atoms with Crippen LogP contribution < -0.4 is 9.64 Å². The molecule has 2 amide bonds. The molecule has 2 aliphatic rings. The Labute approximate surface area is 241 Å². The number of hydrogen-bond donors (Lipinski definition) is 0. The van der Waals surface area contributed by atoms with E-state index in [4.69, 9.17) is 4.74 Å². The highest BCUT2D eigenvalue weighted by molar-refractivity contribution is 6.09. The molecule has 5 heteroatoms. The fourth-order valence-electron chi connectivity index (χ4n) is 5.64. The summed E-state index contributed by atoms with van der Waals surface area (Å²) >= 11 is 0. The highest BCUT2D eigenvalue weighted by atomic mass is 16.5. The maximum atomic E-state index is 13.6. The minimum absolute atomic E-state index is 0.0607. The van der Waals surface area contributed by atoms with E-state index in [1.807, 2.05) is 78.6 Å². The van der Waals surface area contributed by atoms with Crippen molar-refractivity contribution in [2.45, 2.75) is 32.7 Å². The van der Waals surface area contributed by atoms with Crippen LogP contribution in [-0.4, -0.2) is 29.8 Å². The van der Waals surface area contributed by atoms with Gasteiger partial charge in [-0.3, -0.25) is 14.5 Å². The molecule has 5 nitrogen and oxygen atoms in total. The van der Waals surface area contributed by atoms with Gasteiger partial charge in [0.1, 0.15) is 0 Å². The average molecular weight is 543 g/mol. The number of anilines is 1. The molecule has 1 fully saturated rings. The number of nitrogens with zero attached hydrogens (tertiary/aromatic N) is 2. The predicted octanol–water partition coefficient (Wildman–Crippen LogP) is 7.06. The summed E-state index contributed by atoms with van der Waals surface area (Å²) in [4.78, 5) is 30.5. The molecule has 0 atom stereocenters. The number of piperidine rings is 1. The fraction of sp³-hybridized carbons (Fsp3) is 0.222. The van der Waals surface area contributed by atoms with E-state index in [1.54, 1.807) is 11.0 Å². The van der Waals surface area contributed by atoms with Crippen molar-refractivity contribution in [3.8, 4) is 5.75 Å². The molecule has 6 rings (SSSR count). The molecule has 206 valence electrons. The van der Waals surface area contributed by atoms with Gasteiger partial charge in [-0.15, -0.1) is 0 Å². The lowest BCUT2D eigenvalue weighted by atomic mass is 9.90. The normalized spacial score (nSPS) is 16.4. The van der Waals surface area contributed by atoms with Crippen LogP contribution in [0.4, 0.5) is 5.69 Å². The van der Waals surface area contributed by atoms with Gasteiger partial charge < -0.3 is 9.64 Å². The van der Waals surface area contributed by atoms with Gasteiger partial charge in [0.2, 0.25) is 0 Å². The lowest BCUT2D eigenvalue weighted by Crippen LogP contribution is -2.38. The van der Waals surface area contributed by atoms with Crippen molar-refractivity contribution < 1.29 is 14.3 Å². The molecule has 0 N–H and O–H groups in total. The number of rotatable bonds is 6. The quantitative estimate of drug-likeness (QED) is 0.245. The SMILES string of the molecule is Cc1ccc(CN2C(=O)/C(=C\c3ccc(C(=O)N4CCC(Cc5ccccc5)CC4)cc3)Oc3ccccc32)cc1. The van der Waals surface area contributed by atoms with E-state index in [2.05, 4.69) is 36.4 Å². The van der Waals surface area contributed by atoms with E-state index in [0.717, 1.165) is 49.2 Å². The van der Waals surface area contributed by atoms with Gasteiger partial charge in [0.05, 0.1) is 12.2 Å². The minimum Gasteiger partial charge on any atom is -0.449 e. The number of para-hydroxylation sites is 2. The van der Waals surface area contributed by atoms with Crippen LogP contribution >= 0.6 is 0 Å². The molecular formula is C36H34N2O3. The van der Waals surface area contributed by atoms with Crippen LogP contribution in [0.1, 0.15) is 45.5 Å². The van der Waals surface area contributed by atoms with Crippen molar-refractivity contribution in [2.24, 2.45) is 5.92 Å². The maximum Gasteiger partial charge on any atom is 0.294 e. The molecular weight excluding hydrogens is 508 g/mol. The van der Waals surface area contributed by atoms with Crippen LogP contribution in [0.5, 0.6) is 5.75 Å². The lowest BCUT2D eigenvalue weighted by molar-refractivity contribution is -0.117. The molecule has 0 bridgehead atoms. The van der Waals surface area contributed by atoms with Gasteiger partial charge in [0, 0.05) is 18.7 Å². The Morgan fingerprint density at radius 3 is 2.24 bits per heavy atom. The van der Waals surface area contributed by atoms with Gasteiger partial charge in [-0.05, 0) is 79.1 Å². The smallest absolute Gasteiger partial charge is 0.294 e. The second-order valence-corrected chi connectivity index (χ2v) is 11.0. The minimum atomic E-state index is -0.192. The molecule has 0 radical (unpaired) electrons. The van der Waals surface area contributed by atoms with E-state index in [1.165, 1.54) is 11.1 Å². The van der Waals surface area contributed by atoms with Crippen LogP contribution in [0.25, 0.3) is 6.08 Å². The Hall–Kier alpha value is -4.64. The summed E-state index contributed by atoms with van der Waals surface area (Å²) in [5, 5.41) is 0. The van der Waals surface area contributed by atoms with Crippen molar-refractivity contribution in [3.05, 3.63) is 137 Å². The van der Waals surface area contributed by atoms with Gasteiger partial charge >= 0.3 is 0 Å². The van der Waals surface area contributed by atoms with Gasteiger partial charge in [0.25, 0.3) is 11.8 Å². The third-order valence-electron chi connectivity index (χ3n) is 8.02. The van der Waals surface area contributed by atoms with Gasteiger partial charge in [0.15, 0.2) is 11.5 Å². The van der Waals surface area contributed by atoms with Crippen LogP contribution in [-0.2, 0) is 17.8 Å². The Morgan fingerprint density at radius 2 is 1.51 bits per heavy atom. The molecule has 0 unspecified atom stereocenters. The first kappa shape index (κ1) is 26.6. The van der Waals surface area contributed by atoms with E-state index in [0.29, 0.717) is 23.8 Å². The Balaban J connectivity index is 1.13. The zero-order valence-electron chi connectivity index (χ0n) is 23.3. The summed E-state index contributed by atoms with van der Waals surface area (Å²) in [6.45, 7) is 4.06. The Morgan fingerprint density at radius 1 is 0.829 bits per heavy atom. The number of hydrogen-bond acceptors (Lipinski definition) is 3. The molecule has 2 heterocycles. The van der Waals surface area contributed by atoms with E-state index < -0.39 is 0 Å². The number of ether oxygens (including phenoxy) is 1. The van der Waals surface area contributed by atoms with Crippen LogP contribution in [0, 0.1) is 12.8 Å². The Bertz CT molecular complexity index is 1550. The number of carbonyl (C=O) groups excluding carboxylic acids is 2. The standard InChI is InChI=1S/C36H34N2O3/c1-26-11-13-30(14-12-26)25-38-32-9-5-6-10-33(32)41-34(36(38)40)24-28-15-17-31(18-16-28)35(39)37-21-19-29(20-22-37)23-27-7-3-2-4-8-27/h2-18,24,29H,19-23,25H2,1H3/b34-24+. The van der Waals surface area contributed by atoms with Crippen molar-refractivity contribution in [3.63, 3.8) is 0 Å². The highest BCUT2D eigenvalue weighted by Gasteiger charge is 2.30. The number of fused-ring (bicyclic) bond motifs is 1. The molecule has 0 spiro atoms. The maximum absolute atomic E-state index is 13.6. The van der Waals surface area contributed by atoms with Gasteiger partial charge in [-0.25, -0.2) is 0 Å². The number of aryl methyl sites for hydroxylation is 1.